The second-order valence-electron chi connectivity index (χ2n) is 4.47. The maximum atomic E-state index is 12.0. The van der Waals surface area contributed by atoms with Gasteiger partial charge in [-0.15, -0.1) is 11.3 Å². The average Bonchev–Trinajstić information content (AvgIpc) is 3.08. The molecule has 6 heteroatoms. The molecule has 0 aliphatic heterocycles. The van der Waals surface area contributed by atoms with Gasteiger partial charge in [0.25, 0.3) is 0 Å². The SMILES string of the molecule is CCc1ccsc1CNC(=O)C1(/C(N)=N/O)CC1. The van der Waals surface area contributed by atoms with Crippen molar-refractivity contribution in [3.05, 3.63) is 21.9 Å². The fourth-order valence-corrected chi connectivity index (χ4v) is 2.90. The standard InChI is InChI=1S/C12H17N3O2S/c1-2-8-3-6-18-9(8)7-14-11(16)12(4-5-12)10(13)15-17/h3,6,17H,2,4-5,7H2,1H3,(H2,13,15)(H,14,16). The third-order valence-electron chi connectivity index (χ3n) is 3.41. The molecule has 1 amide bonds. The van der Waals surface area contributed by atoms with Crippen LogP contribution < -0.4 is 11.1 Å². The van der Waals surface area contributed by atoms with Gasteiger partial charge in [0.15, 0.2) is 5.84 Å². The molecular formula is C12H17N3O2S. The zero-order valence-electron chi connectivity index (χ0n) is 10.3. The molecule has 98 valence electrons. The number of hydrogen-bond acceptors (Lipinski definition) is 4. The number of carbonyl (C=O) groups is 1. The van der Waals surface area contributed by atoms with Gasteiger partial charge < -0.3 is 16.3 Å². The van der Waals surface area contributed by atoms with Gasteiger partial charge in [-0.3, -0.25) is 4.79 Å². The molecule has 0 atom stereocenters. The van der Waals surface area contributed by atoms with E-state index < -0.39 is 5.41 Å². The van der Waals surface area contributed by atoms with E-state index in [1.165, 1.54) is 10.4 Å². The van der Waals surface area contributed by atoms with Crippen molar-refractivity contribution in [1.82, 2.24) is 5.32 Å². The number of carbonyl (C=O) groups excluding carboxylic acids is 1. The van der Waals surface area contributed by atoms with Gasteiger partial charge in [-0.1, -0.05) is 12.1 Å². The smallest absolute Gasteiger partial charge is 0.234 e. The molecule has 0 radical (unpaired) electrons. The zero-order chi connectivity index (χ0) is 13.2. The van der Waals surface area contributed by atoms with Gasteiger partial charge in [0.05, 0.1) is 6.54 Å². The number of hydrogen-bond donors (Lipinski definition) is 3. The van der Waals surface area contributed by atoms with Crippen molar-refractivity contribution in [2.45, 2.75) is 32.7 Å². The van der Waals surface area contributed by atoms with Gasteiger partial charge in [-0.2, -0.15) is 0 Å². The number of oxime groups is 1. The van der Waals surface area contributed by atoms with Crippen LogP contribution in [-0.4, -0.2) is 17.0 Å². The third kappa shape index (κ3) is 2.20. The molecule has 1 heterocycles. The fourth-order valence-electron chi connectivity index (χ4n) is 1.99. The third-order valence-corrected chi connectivity index (χ3v) is 4.37. The number of amidine groups is 1. The van der Waals surface area contributed by atoms with Crippen LogP contribution >= 0.6 is 11.3 Å². The van der Waals surface area contributed by atoms with Crippen molar-refractivity contribution in [3.8, 4) is 0 Å². The summed E-state index contributed by atoms with van der Waals surface area (Å²) in [5.74, 6) is -0.129. The van der Waals surface area contributed by atoms with Crippen LogP contribution in [0.25, 0.3) is 0 Å². The van der Waals surface area contributed by atoms with Crippen LogP contribution in [0.2, 0.25) is 0 Å². The first-order chi connectivity index (χ1) is 8.64. The molecule has 0 aromatic carbocycles. The molecule has 1 aliphatic carbocycles. The maximum absolute atomic E-state index is 12.0. The molecule has 18 heavy (non-hydrogen) atoms. The van der Waals surface area contributed by atoms with Crippen molar-refractivity contribution in [3.63, 3.8) is 0 Å². The summed E-state index contributed by atoms with van der Waals surface area (Å²) in [5, 5.41) is 16.5. The highest BCUT2D eigenvalue weighted by molar-refractivity contribution is 7.10. The Morgan fingerprint density at radius 3 is 2.94 bits per heavy atom. The summed E-state index contributed by atoms with van der Waals surface area (Å²) in [7, 11) is 0. The van der Waals surface area contributed by atoms with Crippen LogP contribution in [0, 0.1) is 5.41 Å². The minimum Gasteiger partial charge on any atom is -0.409 e. The normalized spacial score (nSPS) is 17.5. The lowest BCUT2D eigenvalue weighted by atomic mass is 10.1. The molecule has 0 saturated heterocycles. The number of rotatable bonds is 5. The Kier molecular flexibility index (Phi) is 3.56. The lowest BCUT2D eigenvalue weighted by molar-refractivity contribution is -0.124. The van der Waals surface area contributed by atoms with E-state index in [0.717, 1.165) is 6.42 Å². The number of aryl methyl sites for hydroxylation is 1. The zero-order valence-corrected chi connectivity index (χ0v) is 11.1. The molecule has 1 fully saturated rings. The quantitative estimate of drug-likeness (QED) is 0.326. The van der Waals surface area contributed by atoms with Crippen LogP contribution in [-0.2, 0) is 17.8 Å². The van der Waals surface area contributed by atoms with Crippen LogP contribution in [0.4, 0.5) is 0 Å². The van der Waals surface area contributed by atoms with E-state index in [1.54, 1.807) is 11.3 Å². The minimum absolute atomic E-state index is 0.0156. The Morgan fingerprint density at radius 2 is 2.39 bits per heavy atom. The first kappa shape index (κ1) is 12.9. The molecule has 0 unspecified atom stereocenters. The molecule has 0 spiro atoms. The van der Waals surface area contributed by atoms with Crippen molar-refractivity contribution in [2.24, 2.45) is 16.3 Å². The van der Waals surface area contributed by atoms with E-state index in [9.17, 15) is 4.79 Å². The van der Waals surface area contributed by atoms with Crippen LogP contribution in [0.15, 0.2) is 16.6 Å². The van der Waals surface area contributed by atoms with E-state index in [2.05, 4.69) is 23.5 Å². The number of nitrogens with one attached hydrogen (secondary N) is 1. The first-order valence-corrected chi connectivity index (χ1v) is 6.83. The van der Waals surface area contributed by atoms with E-state index in [-0.39, 0.29) is 11.7 Å². The first-order valence-electron chi connectivity index (χ1n) is 5.95. The Hall–Kier alpha value is -1.56. The summed E-state index contributed by atoms with van der Waals surface area (Å²) in [5.41, 5.74) is 6.05. The molecule has 2 rings (SSSR count). The summed E-state index contributed by atoms with van der Waals surface area (Å²) in [6.07, 6.45) is 2.26. The van der Waals surface area contributed by atoms with Crippen LogP contribution in [0.3, 0.4) is 0 Å². The second-order valence-corrected chi connectivity index (χ2v) is 5.47. The largest absolute Gasteiger partial charge is 0.409 e. The monoisotopic (exact) mass is 267 g/mol. The van der Waals surface area contributed by atoms with Gasteiger partial charge >= 0.3 is 0 Å². The lowest BCUT2D eigenvalue weighted by Crippen LogP contribution is -2.40. The van der Waals surface area contributed by atoms with Gasteiger partial charge in [0.2, 0.25) is 5.91 Å². The summed E-state index contributed by atoms with van der Waals surface area (Å²) < 4.78 is 0. The van der Waals surface area contributed by atoms with Crippen molar-refractivity contribution >= 4 is 23.1 Å². The highest BCUT2D eigenvalue weighted by Gasteiger charge is 2.54. The Morgan fingerprint density at radius 1 is 1.67 bits per heavy atom. The summed E-state index contributed by atoms with van der Waals surface area (Å²) in [4.78, 5) is 13.2. The van der Waals surface area contributed by atoms with Gasteiger partial charge in [0.1, 0.15) is 5.41 Å². The van der Waals surface area contributed by atoms with Gasteiger partial charge in [-0.25, -0.2) is 0 Å². The number of nitrogens with two attached hydrogens (primary N) is 1. The summed E-state index contributed by atoms with van der Waals surface area (Å²) in [6, 6.07) is 2.07. The summed E-state index contributed by atoms with van der Waals surface area (Å²) in [6.45, 7) is 2.60. The Balaban J connectivity index is 1.97. The average molecular weight is 267 g/mol. The maximum Gasteiger partial charge on any atom is 0.234 e. The molecule has 0 bridgehead atoms. The molecular weight excluding hydrogens is 250 g/mol. The van der Waals surface area contributed by atoms with E-state index in [4.69, 9.17) is 10.9 Å². The van der Waals surface area contributed by atoms with Gasteiger partial charge in [-0.05, 0) is 36.3 Å². The topological polar surface area (TPSA) is 87.7 Å². The summed E-state index contributed by atoms with van der Waals surface area (Å²) >= 11 is 1.64. The second kappa shape index (κ2) is 4.97. The van der Waals surface area contributed by atoms with Crippen LogP contribution in [0.1, 0.15) is 30.2 Å². The molecule has 4 N–H and O–H groups in total. The van der Waals surface area contributed by atoms with Gasteiger partial charge in [0, 0.05) is 4.88 Å². The van der Waals surface area contributed by atoms with Crippen molar-refractivity contribution < 1.29 is 10.0 Å². The van der Waals surface area contributed by atoms with Crippen LogP contribution in [0.5, 0.6) is 0 Å². The Labute approximate surface area is 110 Å². The lowest BCUT2D eigenvalue weighted by Gasteiger charge is -2.13. The minimum atomic E-state index is -0.765. The molecule has 5 nitrogen and oxygen atoms in total. The molecule has 1 aliphatic rings. The Bertz CT molecular complexity index is 477. The number of nitrogens with zero attached hydrogens (tertiary/aromatic N) is 1. The highest BCUT2D eigenvalue weighted by Crippen LogP contribution is 2.46. The predicted octanol–water partition coefficient (Wildman–Crippen LogP) is 1.45. The fraction of sp³-hybridized carbons (Fsp3) is 0.500. The highest BCUT2D eigenvalue weighted by atomic mass is 32.1. The number of amides is 1. The molecule has 1 aromatic heterocycles. The number of thiophene rings is 1. The van der Waals surface area contributed by atoms with E-state index in [0.29, 0.717) is 19.4 Å². The van der Waals surface area contributed by atoms with Crippen molar-refractivity contribution in [2.75, 3.05) is 0 Å². The molecule has 1 saturated carbocycles. The van der Waals surface area contributed by atoms with E-state index in [1.807, 2.05) is 5.38 Å². The predicted molar refractivity (Wildman–Crippen MR) is 70.6 cm³/mol. The van der Waals surface area contributed by atoms with E-state index >= 15 is 0 Å². The van der Waals surface area contributed by atoms with Crippen molar-refractivity contribution in [1.29, 1.82) is 0 Å². The molecule has 1 aromatic rings.